The molecule has 1 heterocycles. The highest BCUT2D eigenvalue weighted by Crippen LogP contribution is 2.38. The van der Waals surface area contributed by atoms with E-state index in [0.29, 0.717) is 23.7 Å². The van der Waals surface area contributed by atoms with Gasteiger partial charge in [0, 0.05) is 17.9 Å². The van der Waals surface area contributed by atoms with Crippen molar-refractivity contribution < 1.29 is 19.0 Å². The van der Waals surface area contributed by atoms with Crippen LogP contribution in [0.4, 0.5) is 0 Å². The molecule has 1 aromatic carbocycles. The first-order valence-corrected chi connectivity index (χ1v) is 9.26. The molecule has 1 aliphatic carbocycles. The van der Waals surface area contributed by atoms with Crippen molar-refractivity contribution in [1.29, 1.82) is 0 Å². The van der Waals surface area contributed by atoms with Gasteiger partial charge in [-0.05, 0) is 49.9 Å². The number of ether oxygens (including phenoxy) is 3. The molecule has 1 amide bonds. The molecule has 0 spiro atoms. The molecule has 0 atom stereocenters. The lowest BCUT2D eigenvalue weighted by Crippen LogP contribution is -2.40. The van der Waals surface area contributed by atoms with Gasteiger partial charge in [-0.15, -0.1) is 0 Å². The molecule has 6 nitrogen and oxygen atoms in total. The van der Waals surface area contributed by atoms with E-state index in [1.54, 1.807) is 20.4 Å². The van der Waals surface area contributed by atoms with Gasteiger partial charge in [0.25, 0.3) is 0 Å². The Kier molecular flexibility index (Phi) is 6.52. The van der Waals surface area contributed by atoms with E-state index < -0.39 is 0 Å². The van der Waals surface area contributed by atoms with E-state index in [-0.39, 0.29) is 18.1 Å². The Labute approximate surface area is 159 Å². The third-order valence-electron chi connectivity index (χ3n) is 4.77. The summed E-state index contributed by atoms with van der Waals surface area (Å²) in [5.74, 6) is 1.99. The average molecular weight is 370 g/mol. The van der Waals surface area contributed by atoms with Crippen LogP contribution in [0.5, 0.6) is 17.2 Å². The van der Waals surface area contributed by atoms with E-state index in [9.17, 15) is 4.79 Å². The molecule has 2 aromatic rings. The molecule has 0 bridgehead atoms. The molecule has 0 aliphatic heterocycles. The number of rotatable bonds is 7. The van der Waals surface area contributed by atoms with Gasteiger partial charge in [0.2, 0.25) is 11.7 Å². The third kappa shape index (κ3) is 5.12. The number of nitrogens with zero attached hydrogens (tertiary/aromatic N) is 1. The van der Waals surface area contributed by atoms with Crippen molar-refractivity contribution in [3.63, 3.8) is 0 Å². The second-order valence-corrected chi connectivity index (χ2v) is 6.65. The summed E-state index contributed by atoms with van der Waals surface area (Å²) in [6.07, 6.45) is 5.69. The van der Waals surface area contributed by atoms with Crippen LogP contribution in [0.25, 0.3) is 0 Å². The molecule has 1 aromatic heterocycles. The lowest BCUT2D eigenvalue weighted by Gasteiger charge is -2.30. The summed E-state index contributed by atoms with van der Waals surface area (Å²) in [4.78, 5) is 16.4. The lowest BCUT2D eigenvalue weighted by atomic mass is 9.92. The molecule has 1 N–H and O–H groups in total. The van der Waals surface area contributed by atoms with Gasteiger partial charge in [0.1, 0.15) is 0 Å². The van der Waals surface area contributed by atoms with Gasteiger partial charge in [-0.2, -0.15) is 0 Å². The van der Waals surface area contributed by atoms with Crippen LogP contribution in [-0.2, 0) is 11.2 Å². The van der Waals surface area contributed by atoms with Gasteiger partial charge >= 0.3 is 0 Å². The van der Waals surface area contributed by atoms with Crippen LogP contribution in [0.15, 0.2) is 42.6 Å². The van der Waals surface area contributed by atoms with Gasteiger partial charge in [-0.25, -0.2) is 0 Å². The van der Waals surface area contributed by atoms with Crippen LogP contribution in [0.1, 0.15) is 31.4 Å². The average Bonchev–Trinajstić information content (AvgIpc) is 2.70. The van der Waals surface area contributed by atoms with Crippen molar-refractivity contribution >= 4 is 5.91 Å². The van der Waals surface area contributed by atoms with Gasteiger partial charge < -0.3 is 19.5 Å². The number of benzene rings is 1. The minimum atomic E-state index is 0.0209. The number of hydrogen-bond donors (Lipinski definition) is 1. The Bertz CT molecular complexity index is 743. The van der Waals surface area contributed by atoms with Crippen molar-refractivity contribution in [2.45, 2.75) is 44.2 Å². The molecule has 0 unspecified atom stereocenters. The molecule has 0 saturated heterocycles. The smallest absolute Gasteiger partial charge is 0.226 e. The van der Waals surface area contributed by atoms with Crippen molar-refractivity contribution in [3.8, 4) is 17.2 Å². The topological polar surface area (TPSA) is 69.7 Å². The number of methoxy groups -OCH3 is 2. The number of aromatic nitrogens is 1. The zero-order chi connectivity index (χ0) is 19.1. The maximum atomic E-state index is 12.2. The normalized spacial score (nSPS) is 19.2. The number of carbonyl (C=O) groups excluding carboxylic acids is 1. The van der Waals surface area contributed by atoms with Crippen LogP contribution in [0.3, 0.4) is 0 Å². The van der Waals surface area contributed by atoms with Crippen LogP contribution in [-0.4, -0.2) is 37.3 Å². The Morgan fingerprint density at radius 3 is 2.48 bits per heavy atom. The second-order valence-electron chi connectivity index (χ2n) is 6.65. The van der Waals surface area contributed by atoms with E-state index in [0.717, 1.165) is 31.4 Å². The summed E-state index contributed by atoms with van der Waals surface area (Å²) in [5, 5.41) is 3.11. The summed E-state index contributed by atoms with van der Waals surface area (Å²) in [5.41, 5.74) is 0.789. The number of hydrogen-bond acceptors (Lipinski definition) is 5. The highest BCUT2D eigenvalue weighted by molar-refractivity contribution is 5.78. The monoisotopic (exact) mass is 370 g/mol. The van der Waals surface area contributed by atoms with E-state index in [4.69, 9.17) is 14.2 Å². The largest absolute Gasteiger partial charge is 0.493 e. The number of para-hydroxylation sites is 1. The lowest BCUT2D eigenvalue weighted by molar-refractivity contribution is -0.121. The SMILES string of the molecule is COc1cccc(OC2CCC(NC(=O)Cc3ccccn3)CC2)c1OC. The predicted molar refractivity (Wildman–Crippen MR) is 102 cm³/mol. The fraction of sp³-hybridized carbons (Fsp3) is 0.429. The van der Waals surface area contributed by atoms with Crippen molar-refractivity contribution in [1.82, 2.24) is 10.3 Å². The summed E-state index contributed by atoms with van der Waals surface area (Å²) >= 11 is 0. The zero-order valence-electron chi connectivity index (χ0n) is 15.8. The van der Waals surface area contributed by atoms with Crippen LogP contribution in [0.2, 0.25) is 0 Å². The van der Waals surface area contributed by atoms with Gasteiger partial charge in [-0.1, -0.05) is 12.1 Å². The molecule has 0 radical (unpaired) electrons. The van der Waals surface area contributed by atoms with E-state index in [1.165, 1.54) is 0 Å². The zero-order valence-corrected chi connectivity index (χ0v) is 15.8. The van der Waals surface area contributed by atoms with Gasteiger partial charge in [-0.3, -0.25) is 9.78 Å². The minimum Gasteiger partial charge on any atom is -0.493 e. The van der Waals surface area contributed by atoms with Gasteiger partial charge in [0.05, 0.1) is 26.7 Å². The minimum absolute atomic E-state index is 0.0209. The summed E-state index contributed by atoms with van der Waals surface area (Å²) in [6.45, 7) is 0. The highest BCUT2D eigenvalue weighted by Gasteiger charge is 2.25. The summed E-state index contributed by atoms with van der Waals surface area (Å²) in [7, 11) is 3.22. The number of nitrogens with one attached hydrogen (secondary N) is 1. The number of amides is 1. The highest BCUT2D eigenvalue weighted by atomic mass is 16.5. The predicted octanol–water partition coefficient (Wildman–Crippen LogP) is 3.15. The van der Waals surface area contributed by atoms with E-state index in [1.807, 2.05) is 36.4 Å². The molecule has 1 saturated carbocycles. The first-order valence-electron chi connectivity index (χ1n) is 9.26. The Balaban J connectivity index is 1.49. The molecular weight excluding hydrogens is 344 g/mol. The molecule has 1 fully saturated rings. The van der Waals surface area contributed by atoms with E-state index >= 15 is 0 Å². The Hall–Kier alpha value is -2.76. The number of carbonyl (C=O) groups is 1. The van der Waals surface area contributed by atoms with E-state index in [2.05, 4.69) is 10.3 Å². The van der Waals surface area contributed by atoms with Crippen molar-refractivity contribution in [3.05, 3.63) is 48.3 Å². The summed E-state index contributed by atoms with van der Waals surface area (Å²) in [6, 6.07) is 11.4. The molecule has 3 rings (SSSR count). The maximum absolute atomic E-state index is 12.2. The summed E-state index contributed by atoms with van der Waals surface area (Å²) < 4.78 is 16.9. The van der Waals surface area contributed by atoms with Crippen LogP contribution < -0.4 is 19.5 Å². The molecule has 144 valence electrons. The third-order valence-corrected chi connectivity index (χ3v) is 4.77. The molecule has 1 aliphatic rings. The standard InChI is InChI=1S/C21H26N2O4/c1-25-18-7-5-8-19(21(18)26-2)27-17-11-9-15(10-12-17)23-20(24)14-16-6-3-4-13-22-16/h3-8,13,15,17H,9-12,14H2,1-2H3,(H,23,24). The first-order chi connectivity index (χ1) is 13.2. The van der Waals surface area contributed by atoms with Crippen molar-refractivity contribution in [2.75, 3.05) is 14.2 Å². The number of pyridine rings is 1. The van der Waals surface area contributed by atoms with Gasteiger partial charge in [0.15, 0.2) is 11.5 Å². The van der Waals surface area contributed by atoms with Crippen LogP contribution in [0, 0.1) is 0 Å². The van der Waals surface area contributed by atoms with Crippen molar-refractivity contribution in [2.24, 2.45) is 0 Å². The fourth-order valence-electron chi connectivity index (χ4n) is 3.40. The molecule has 27 heavy (non-hydrogen) atoms. The fourth-order valence-corrected chi connectivity index (χ4v) is 3.40. The van der Waals surface area contributed by atoms with Crippen LogP contribution >= 0.6 is 0 Å². The molecule has 6 heteroatoms. The quantitative estimate of drug-likeness (QED) is 0.811. The Morgan fingerprint density at radius 1 is 1.04 bits per heavy atom. The Morgan fingerprint density at radius 2 is 1.81 bits per heavy atom. The maximum Gasteiger partial charge on any atom is 0.226 e. The second kappa shape index (κ2) is 9.26. The first kappa shape index (κ1) is 19.0. The molecular formula is C21H26N2O4.